The van der Waals surface area contributed by atoms with Crippen LogP contribution in [-0.4, -0.2) is 59.3 Å². The van der Waals surface area contributed by atoms with Crippen molar-refractivity contribution >= 4 is 35.6 Å². The van der Waals surface area contributed by atoms with Crippen molar-refractivity contribution < 1.29 is 61.1 Å². The molecule has 5 atom stereocenters. The number of carbonyl (C=O) groups is 1. The van der Waals surface area contributed by atoms with Gasteiger partial charge in [-0.25, -0.2) is 18.7 Å². The number of carbonyl (C=O) groups excluding carboxylic acids is 1. The lowest BCUT2D eigenvalue weighted by Gasteiger charge is -2.19. The summed E-state index contributed by atoms with van der Waals surface area (Å²) in [5, 5.41) is 9.96. The fourth-order valence-corrected chi connectivity index (χ4v) is 5.24. The Kier molecular flexibility index (Phi) is 6.99. The second-order valence-corrected chi connectivity index (χ2v) is 9.78. The molecule has 1 fully saturated rings. The predicted octanol–water partition coefficient (Wildman–Crippen LogP) is -0.731. The van der Waals surface area contributed by atoms with Crippen LogP contribution in [-0.2, 0) is 31.6 Å². The van der Waals surface area contributed by atoms with Crippen molar-refractivity contribution in [2.75, 3.05) is 12.3 Å². The van der Waals surface area contributed by atoms with Crippen LogP contribution in [0.3, 0.4) is 0 Å². The maximum Gasteiger partial charge on any atom is 0.490 e. The van der Waals surface area contributed by atoms with Crippen molar-refractivity contribution in [3.63, 3.8) is 0 Å². The molecule has 160 valence electrons. The summed E-state index contributed by atoms with van der Waals surface area (Å²) in [6, 6.07) is 0. The zero-order chi connectivity index (χ0) is 21.3. The Morgan fingerprint density at radius 1 is 1.25 bits per heavy atom. The number of rotatable bonds is 9. The van der Waals surface area contributed by atoms with Crippen LogP contribution >= 0.6 is 23.5 Å². The highest BCUT2D eigenvalue weighted by atomic mass is 31.3. The summed E-state index contributed by atoms with van der Waals surface area (Å²) in [6.07, 6.45) is -1.84. The quantitative estimate of drug-likeness (QED) is 0.193. The minimum absolute atomic E-state index is 0.0410. The van der Waals surface area contributed by atoms with Gasteiger partial charge in [-0.05, 0) is 0 Å². The number of phosphoric ester groups is 1. The van der Waals surface area contributed by atoms with Gasteiger partial charge in [0.1, 0.15) is 23.8 Å². The number of nitrogens with zero attached hydrogens (tertiary/aromatic N) is 2. The molecule has 2 rings (SSSR count). The lowest BCUT2D eigenvalue weighted by atomic mass is 10.2. The molecule has 0 aliphatic carbocycles. The Morgan fingerprint density at radius 3 is 2.43 bits per heavy atom. The number of hydrogen-bond acceptors (Lipinski definition) is 11. The first-order chi connectivity index (χ1) is 12.7. The van der Waals surface area contributed by atoms with E-state index >= 15 is 0 Å². The van der Waals surface area contributed by atoms with Crippen LogP contribution in [0.15, 0.2) is 6.33 Å². The van der Waals surface area contributed by atoms with E-state index in [0.29, 0.717) is 6.29 Å². The summed E-state index contributed by atoms with van der Waals surface area (Å²) in [4.78, 5) is 49.8. The van der Waals surface area contributed by atoms with Gasteiger partial charge in [-0.15, -0.1) is 0 Å². The Labute approximate surface area is 156 Å². The Morgan fingerprint density at radius 2 is 1.89 bits per heavy atom. The normalized spacial score (nSPS) is 27.2. The first-order valence-corrected chi connectivity index (χ1v) is 11.6. The number of aliphatic hydroxyl groups excluding tert-OH is 1. The third kappa shape index (κ3) is 6.26. The maximum atomic E-state index is 11.7. The number of nitrogen functional groups attached to an aromatic ring is 1. The highest BCUT2D eigenvalue weighted by Gasteiger charge is 2.43. The monoisotopic (exact) mass is 467 g/mol. The van der Waals surface area contributed by atoms with Crippen LogP contribution in [0.25, 0.3) is 0 Å². The highest BCUT2D eigenvalue weighted by Crippen LogP contribution is 2.66. The number of anilines is 1. The van der Waals surface area contributed by atoms with Crippen molar-refractivity contribution in [3.8, 4) is 0 Å². The van der Waals surface area contributed by atoms with E-state index in [9.17, 15) is 28.5 Å². The standard InChI is InChI=1S/C9H16N3O13P3/c10-9-5(2-13)11-4-12(9)8-1-6(14)7(23-8)3-22-27(18,19)25-28(20,21)24-26(15,16)17/h2,4,6-8,14H,1,3,10H2,(H,18,19)(H,20,21)(H2,15,16,17)/t6?,7-,8-/m1/s1. The Hall–Kier alpha value is -0.990. The number of ether oxygens (including phenoxy) is 1. The van der Waals surface area contributed by atoms with E-state index in [1.54, 1.807) is 0 Å². The van der Waals surface area contributed by atoms with E-state index in [0.717, 1.165) is 0 Å². The third-order valence-electron chi connectivity index (χ3n) is 3.31. The van der Waals surface area contributed by atoms with Gasteiger partial charge in [-0.2, -0.15) is 8.62 Å². The first kappa shape index (κ1) is 23.3. The van der Waals surface area contributed by atoms with E-state index in [4.69, 9.17) is 25.2 Å². The van der Waals surface area contributed by atoms with E-state index in [1.807, 2.05) is 0 Å². The molecule has 28 heavy (non-hydrogen) atoms. The molecule has 0 radical (unpaired) electrons. The molecule has 19 heteroatoms. The molecular formula is C9H16N3O13P3. The zero-order valence-corrected chi connectivity index (χ0v) is 16.3. The molecular weight excluding hydrogens is 451 g/mol. The fourth-order valence-electron chi connectivity index (χ4n) is 2.21. The van der Waals surface area contributed by atoms with Crippen LogP contribution in [0.2, 0.25) is 0 Å². The summed E-state index contributed by atoms with van der Waals surface area (Å²) < 4.78 is 51.6. The molecule has 1 aliphatic rings. The van der Waals surface area contributed by atoms with E-state index in [1.165, 1.54) is 10.9 Å². The number of phosphoric acid groups is 3. The first-order valence-electron chi connectivity index (χ1n) is 7.12. The van der Waals surface area contributed by atoms with Crippen LogP contribution < -0.4 is 5.73 Å². The van der Waals surface area contributed by atoms with Crippen molar-refractivity contribution in [3.05, 3.63) is 12.0 Å². The SMILES string of the molecule is Nc1c(C=O)ncn1[C@H]1CC(O)[C@@H](COP(=O)(O)OP(=O)(O)OP(=O)(O)O)O1. The zero-order valence-electron chi connectivity index (χ0n) is 13.6. The molecule has 7 N–H and O–H groups in total. The van der Waals surface area contributed by atoms with Gasteiger partial charge in [0, 0.05) is 6.42 Å². The summed E-state index contributed by atoms with van der Waals surface area (Å²) >= 11 is 0. The number of imidazole rings is 1. The number of nitrogens with two attached hydrogens (primary N) is 1. The fraction of sp³-hybridized carbons (Fsp3) is 0.556. The predicted molar refractivity (Wildman–Crippen MR) is 86.4 cm³/mol. The number of hydrogen-bond donors (Lipinski definition) is 6. The van der Waals surface area contributed by atoms with Crippen molar-refractivity contribution in [2.45, 2.75) is 24.9 Å². The number of aldehydes is 1. The number of aromatic nitrogens is 2. The smallest absolute Gasteiger partial charge is 0.390 e. The lowest BCUT2D eigenvalue weighted by molar-refractivity contribution is -0.0428. The van der Waals surface area contributed by atoms with Crippen molar-refractivity contribution in [1.29, 1.82) is 0 Å². The summed E-state index contributed by atoms with van der Waals surface area (Å²) in [5.41, 5.74) is 5.62. The van der Waals surface area contributed by atoms with Crippen LogP contribution in [0.5, 0.6) is 0 Å². The average Bonchev–Trinajstić information content (AvgIpc) is 3.04. The van der Waals surface area contributed by atoms with E-state index in [2.05, 4.69) is 18.1 Å². The molecule has 1 saturated heterocycles. The molecule has 16 nitrogen and oxygen atoms in total. The lowest BCUT2D eigenvalue weighted by Crippen LogP contribution is -2.26. The largest absolute Gasteiger partial charge is 0.490 e. The van der Waals surface area contributed by atoms with Gasteiger partial charge in [0.15, 0.2) is 6.29 Å². The molecule has 0 saturated carbocycles. The van der Waals surface area contributed by atoms with E-state index in [-0.39, 0.29) is 17.9 Å². The van der Waals surface area contributed by atoms with Gasteiger partial charge < -0.3 is 35.2 Å². The summed E-state index contributed by atoms with van der Waals surface area (Å²) in [5.74, 6) is -0.0410. The molecule has 3 unspecified atom stereocenters. The molecule has 0 spiro atoms. The van der Waals surface area contributed by atoms with Gasteiger partial charge >= 0.3 is 23.5 Å². The summed E-state index contributed by atoms with van der Waals surface area (Å²) in [7, 11) is -16.5. The second kappa shape index (κ2) is 8.40. The molecule has 1 aromatic rings. The topological polar surface area (TPSA) is 250 Å². The van der Waals surface area contributed by atoms with Crippen molar-refractivity contribution in [1.82, 2.24) is 9.55 Å². The number of aliphatic hydroxyl groups is 1. The van der Waals surface area contributed by atoms with E-state index < -0.39 is 48.5 Å². The molecule has 1 aliphatic heterocycles. The summed E-state index contributed by atoms with van der Waals surface area (Å²) in [6.45, 7) is -0.823. The molecule has 0 amide bonds. The van der Waals surface area contributed by atoms with Crippen molar-refractivity contribution in [2.24, 2.45) is 0 Å². The highest BCUT2D eigenvalue weighted by molar-refractivity contribution is 7.66. The molecule has 0 bridgehead atoms. The average molecular weight is 467 g/mol. The molecule has 1 aromatic heterocycles. The van der Waals surface area contributed by atoms with Crippen LogP contribution in [0.1, 0.15) is 23.1 Å². The van der Waals surface area contributed by atoms with Gasteiger partial charge in [-0.3, -0.25) is 13.9 Å². The van der Waals surface area contributed by atoms with Gasteiger partial charge in [0.05, 0.1) is 19.0 Å². The minimum Gasteiger partial charge on any atom is -0.390 e. The second-order valence-electron chi connectivity index (χ2n) is 5.36. The Balaban J connectivity index is 1.97. The molecule has 2 heterocycles. The molecule has 0 aromatic carbocycles. The third-order valence-corrected chi connectivity index (χ3v) is 7.11. The van der Waals surface area contributed by atoms with Gasteiger partial charge in [0.25, 0.3) is 0 Å². The van der Waals surface area contributed by atoms with Crippen LogP contribution in [0.4, 0.5) is 5.82 Å². The van der Waals surface area contributed by atoms with Crippen LogP contribution in [0, 0.1) is 0 Å². The van der Waals surface area contributed by atoms with Gasteiger partial charge in [-0.1, -0.05) is 0 Å². The maximum absolute atomic E-state index is 11.7. The Bertz CT molecular complexity index is 867. The minimum atomic E-state index is -5.65. The van der Waals surface area contributed by atoms with Gasteiger partial charge in [0.2, 0.25) is 0 Å².